The molecule has 3 aromatic rings. The van der Waals surface area contributed by atoms with Crippen LogP contribution in [-0.4, -0.2) is 36.7 Å². The molecule has 0 aliphatic rings. The van der Waals surface area contributed by atoms with Gasteiger partial charge >= 0.3 is 0 Å². The van der Waals surface area contributed by atoms with Crippen molar-refractivity contribution < 1.29 is 17.6 Å². The van der Waals surface area contributed by atoms with Crippen LogP contribution in [0.5, 0.6) is 0 Å². The molecule has 0 atom stereocenters. The Morgan fingerprint density at radius 3 is 2.33 bits per heavy atom. The Morgan fingerprint density at radius 1 is 1.06 bits per heavy atom. The van der Waals surface area contributed by atoms with Crippen molar-refractivity contribution in [1.29, 1.82) is 0 Å². The van der Waals surface area contributed by atoms with E-state index in [4.69, 9.17) is 0 Å². The Hall–Kier alpha value is -2.75. The van der Waals surface area contributed by atoms with Gasteiger partial charge in [-0.05, 0) is 61.4 Å². The van der Waals surface area contributed by atoms with E-state index in [9.17, 15) is 17.6 Å². The van der Waals surface area contributed by atoms with E-state index in [1.807, 2.05) is 13.8 Å². The number of amides is 1. The summed E-state index contributed by atoms with van der Waals surface area (Å²) in [5, 5.41) is 3.44. The molecule has 1 aromatic heterocycles. The monoisotopic (exact) mass is 487 g/mol. The molecule has 0 saturated heterocycles. The van der Waals surface area contributed by atoms with Gasteiger partial charge in [-0.3, -0.25) is 4.79 Å². The second-order valence-electron chi connectivity index (χ2n) is 7.71. The molecule has 2 aromatic carbocycles. The topological polar surface area (TPSA) is 79.4 Å². The number of carbonyl (C=O) groups excluding carboxylic acids is 1. The van der Waals surface area contributed by atoms with Gasteiger partial charge in [-0.2, -0.15) is 4.31 Å². The predicted molar refractivity (Wildman–Crippen MR) is 128 cm³/mol. The number of nitrogens with zero attached hydrogens (tertiary/aromatic N) is 2. The van der Waals surface area contributed by atoms with E-state index in [0.717, 1.165) is 11.1 Å². The van der Waals surface area contributed by atoms with Crippen molar-refractivity contribution in [3.63, 3.8) is 0 Å². The Bertz CT molecular complexity index is 1200. The average molecular weight is 488 g/mol. The molecule has 6 nitrogen and oxygen atoms in total. The molecule has 0 radical (unpaired) electrons. The number of carbonyl (C=O) groups is 1. The summed E-state index contributed by atoms with van der Waals surface area (Å²) < 4.78 is 39.6. The van der Waals surface area contributed by atoms with E-state index in [1.54, 1.807) is 61.8 Å². The van der Waals surface area contributed by atoms with Gasteiger partial charge in [-0.25, -0.2) is 17.8 Å². The normalized spacial score (nSPS) is 11.7. The van der Waals surface area contributed by atoms with Crippen LogP contribution in [0.15, 0.2) is 76.8 Å². The van der Waals surface area contributed by atoms with E-state index in [1.165, 1.54) is 28.2 Å². The first-order chi connectivity index (χ1) is 15.7. The number of sulfonamides is 1. The van der Waals surface area contributed by atoms with Crippen LogP contribution in [0.4, 0.5) is 4.39 Å². The highest BCUT2D eigenvalue weighted by Gasteiger charge is 2.22. The number of aromatic nitrogens is 1. The van der Waals surface area contributed by atoms with Crippen LogP contribution < -0.4 is 5.32 Å². The lowest BCUT2D eigenvalue weighted by Crippen LogP contribution is -2.33. The lowest BCUT2D eigenvalue weighted by molar-refractivity contribution is 0.0947. The van der Waals surface area contributed by atoms with Gasteiger partial charge in [0.1, 0.15) is 10.8 Å². The third kappa shape index (κ3) is 6.40. The molecule has 1 amide bonds. The lowest BCUT2D eigenvalue weighted by atomic mass is 10.2. The Labute approximate surface area is 198 Å². The third-order valence-electron chi connectivity index (χ3n) is 5.09. The Balaban J connectivity index is 1.63. The van der Waals surface area contributed by atoms with E-state index >= 15 is 0 Å². The van der Waals surface area contributed by atoms with Gasteiger partial charge in [0, 0.05) is 31.6 Å². The molecule has 0 fully saturated rings. The molecular formula is C24H26FN3O3S2. The number of rotatable bonds is 9. The molecule has 9 heteroatoms. The van der Waals surface area contributed by atoms with E-state index in [-0.39, 0.29) is 29.2 Å². The zero-order valence-electron chi connectivity index (χ0n) is 18.7. The fraction of sp³-hybridized carbons (Fsp3) is 0.250. The van der Waals surface area contributed by atoms with Crippen LogP contribution in [0.25, 0.3) is 0 Å². The zero-order chi connectivity index (χ0) is 24.0. The summed E-state index contributed by atoms with van der Waals surface area (Å²) in [6.07, 6.45) is 1.62. The highest BCUT2D eigenvalue weighted by atomic mass is 32.2. The fourth-order valence-electron chi connectivity index (χ4n) is 2.91. The Morgan fingerprint density at radius 2 is 1.70 bits per heavy atom. The van der Waals surface area contributed by atoms with Crippen molar-refractivity contribution in [2.24, 2.45) is 0 Å². The molecule has 1 heterocycles. The predicted octanol–water partition coefficient (Wildman–Crippen LogP) is 4.47. The summed E-state index contributed by atoms with van der Waals surface area (Å²) >= 11 is 1.40. The number of hydrogen-bond donors (Lipinski definition) is 1. The molecule has 1 N–H and O–H groups in total. The number of hydrogen-bond acceptors (Lipinski definition) is 5. The van der Waals surface area contributed by atoms with E-state index in [2.05, 4.69) is 10.3 Å². The number of thioether (sulfide) groups is 1. The van der Waals surface area contributed by atoms with Crippen LogP contribution in [0, 0.1) is 5.82 Å². The molecule has 0 aliphatic carbocycles. The third-order valence-corrected chi connectivity index (χ3v) is 8.21. The van der Waals surface area contributed by atoms with Crippen molar-refractivity contribution in [2.45, 2.75) is 42.1 Å². The summed E-state index contributed by atoms with van der Waals surface area (Å²) in [5.41, 5.74) is 2.15. The molecule has 3 rings (SSSR count). The van der Waals surface area contributed by atoms with Gasteiger partial charge in [0.25, 0.3) is 5.91 Å². The minimum atomic E-state index is -3.55. The standard InChI is InChI=1S/C24H26FN3O3S2/c1-17(2)28(3)33(30,31)21-12-8-18(9-13-21)15-27-23(29)22-5-4-14-26-24(22)32-16-19-6-10-20(25)11-7-19/h4-14,17H,15-16H2,1-3H3,(H,27,29). The summed E-state index contributed by atoms with van der Waals surface area (Å²) in [6.45, 7) is 3.87. The van der Waals surface area contributed by atoms with Crippen molar-refractivity contribution in [1.82, 2.24) is 14.6 Å². The van der Waals surface area contributed by atoms with Crippen LogP contribution >= 0.6 is 11.8 Å². The van der Waals surface area contributed by atoms with Gasteiger partial charge in [-0.15, -0.1) is 11.8 Å². The van der Waals surface area contributed by atoms with Crippen LogP contribution in [-0.2, 0) is 22.3 Å². The fourth-order valence-corrected chi connectivity index (χ4v) is 5.23. The maximum absolute atomic E-state index is 13.1. The first kappa shape index (κ1) is 24.9. The van der Waals surface area contributed by atoms with Gasteiger partial charge in [0.05, 0.1) is 10.5 Å². The largest absolute Gasteiger partial charge is 0.348 e. The second-order valence-corrected chi connectivity index (χ2v) is 10.7. The number of benzene rings is 2. The molecule has 0 unspecified atom stereocenters. The minimum Gasteiger partial charge on any atom is -0.348 e. The SMILES string of the molecule is CC(C)N(C)S(=O)(=O)c1ccc(CNC(=O)c2cccnc2SCc2ccc(F)cc2)cc1. The summed E-state index contributed by atoms with van der Waals surface area (Å²) in [6, 6.07) is 15.9. The number of halogens is 1. The first-order valence-electron chi connectivity index (χ1n) is 10.4. The van der Waals surface area contributed by atoms with Gasteiger partial charge in [-0.1, -0.05) is 24.3 Å². The van der Waals surface area contributed by atoms with Crippen molar-refractivity contribution in [3.8, 4) is 0 Å². The van der Waals surface area contributed by atoms with Crippen LogP contribution in [0.1, 0.15) is 35.3 Å². The lowest BCUT2D eigenvalue weighted by Gasteiger charge is -2.21. The highest BCUT2D eigenvalue weighted by Crippen LogP contribution is 2.24. The van der Waals surface area contributed by atoms with E-state index in [0.29, 0.717) is 16.3 Å². The second kappa shape index (κ2) is 10.9. The molecule has 0 saturated carbocycles. The maximum Gasteiger partial charge on any atom is 0.254 e. The molecular weight excluding hydrogens is 461 g/mol. The van der Waals surface area contributed by atoms with Crippen molar-refractivity contribution in [3.05, 3.63) is 89.4 Å². The maximum atomic E-state index is 13.1. The molecule has 0 spiro atoms. The molecule has 0 aliphatic heterocycles. The van der Waals surface area contributed by atoms with Crippen LogP contribution in [0.3, 0.4) is 0 Å². The quantitative estimate of drug-likeness (QED) is 0.451. The van der Waals surface area contributed by atoms with Crippen LogP contribution in [0.2, 0.25) is 0 Å². The summed E-state index contributed by atoms with van der Waals surface area (Å²) in [4.78, 5) is 17.3. The summed E-state index contributed by atoms with van der Waals surface area (Å²) in [5.74, 6) is -0.0154. The molecule has 174 valence electrons. The minimum absolute atomic E-state index is 0.149. The van der Waals surface area contributed by atoms with Gasteiger partial charge in [0.2, 0.25) is 10.0 Å². The van der Waals surface area contributed by atoms with Gasteiger partial charge in [0.15, 0.2) is 0 Å². The highest BCUT2D eigenvalue weighted by molar-refractivity contribution is 7.98. The van der Waals surface area contributed by atoms with Gasteiger partial charge < -0.3 is 5.32 Å². The number of pyridine rings is 1. The Kier molecular flexibility index (Phi) is 8.23. The van der Waals surface area contributed by atoms with Crippen molar-refractivity contribution in [2.75, 3.05) is 7.05 Å². The van der Waals surface area contributed by atoms with Crippen molar-refractivity contribution >= 4 is 27.7 Å². The summed E-state index contributed by atoms with van der Waals surface area (Å²) in [7, 11) is -2.00. The smallest absolute Gasteiger partial charge is 0.254 e. The van der Waals surface area contributed by atoms with E-state index < -0.39 is 10.0 Å². The zero-order valence-corrected chi connectivity index (χ0v) is 20.3. The number of nitrogens with one attached hydrogen (secondary N) is 1. The molecule has 33 heavy (non-hydrogen) atoms. The first-order valence-corrected chi connectivity index (χ1v) is 12.8. The average Bonchev–Trinajstić information content (AvgIpc) is 2.82. The molecule has 0 bridgehead atoms.